The van der Waals surface area contributed by atoms with Crippen LogP contribution in [0.4, 0.5) is 5.82 Å². The molecular formula is C16H21BrN2O. The fourth-order valence-corrected chi connectivity index (χ4v) is 2.66. The minimum atomic E-state index is 0.146. The van der Waals surface area contributed by atoms with Gasteiger partial charge in [-0.3, -0.25) is 0 Å². The van der Waals surface area contributed by atoms with E-state index in [1.807, 2.05) is 18.2 Å². The van der Waals surface area contributed by atoms with Crippen molar-refractivity contribution in [2.45, 2.75) is 26.7 Å². The second kappa shape index (κ2) is 6.55. The molecule has 1 aromatic carbocycles. The lowest BCUT2D eigenvalue weighted by Gasteiger charge is -2.25. The van der Waals surface area contributed by atoms with E-state index in [0.29, 0.717) is 0 Å². The Kier molecular flexibility index (Phi) is 5.00. The van der Waals surface area contributed by atoms with Crippen LogP contribution in [0.5, 0.6) is 0 Å². The summed E-state index contributed by atoms with van der Waals surface area (Å²) in [5.74, 6) is 0.890. The van der Waals surface area contributed by atoms with Crippen LogP contribution in [-0.2, 0) is 0 Å². The van der Waals surface area contributed by atoms with Gasteiger partial charge in [-0.1, -0.05) is 26.0 Å². The van der Waals surface area contributed by atoms with Gasteiger partial charge in [0.2, 0.25) is 0 Å². The number of benzene rings is 1. The molecule has 20 heavy (non-hydrogen) atoms. The molecule has 0 spiro atoms. The van der Waals surface area contributed by atoms with E-state index in [-0.39, 0.29) is 12.0 Å². The lowest BCUT2D eigenvalue weighted by Crippen LogP contribution is -2.23. The van der Waals surface area contributed by atoms with Gasteiger partial charge in [0.05, 0.1) is 5.52 Å². The molecule has 4 heteroatoms. The van der Waals surface area contributed by atoms with Crippen molar-refractivity contribution in [3.63, 3.8) is 0 Å². The lowest BCUT2D eigenvalue weighted by molar-refractivity contribution is 0.248. The highest BCUT2D eigenvalue weighted by Crippen LogP contribution is 2.25. The summed E-state index contributed by atoms with van der Waals surface area (Å²) in [4.78, 5) is 4.65. The molecule has 0 saturated carbocycles. The topological polar surface area (TPSA) is 45.1 Å². The molecule has 0 saturated heterocycles. The molecule has 0 fully saturated rings. The molecule has 0 unspecified atom stereocenters. The first kappa shape index (κ1) is 15.3. The van der Waals surface area contributed by atoms with Crippen molar-refractivity contribution < 1.29 is 5.11 Å². The van der Waals surface area contributed by atoms with Crippen LogP contribution in [0.3, 0.4) is 0 Å². The molecule has 3 nitrogen and oxygen atoms in total. The van der Waals surface area contributed by atoms with Gasteiger partial charge in [0.15, 0.2) is 0 Å². The maximum absolute atomic E-state index is 8.93. The highest BCUT2D eigenvalue weighted by Gasteiger charge is 2.17. The Bertz CT molecular complexity index is 584. The Morgan fingerprint density at radius 2 is 2.05 bits per heavy atom. The van der Waals surface area contributed by atoms with Crippen LogP contribution in [0.2, 0.25) is 0 Å². The second-order valence-electron chi connectivity index (χ2n) is 5.85. The summed E-state index contributed by atoms with van der Waals surface area (Å²) in [5, 5.41) is 13.5. The number of nitrogens with zero attached hydrogens (tertiary/aromatic N) is 1. The molecule has 0 bridgehead atoms. The van der Waals surface area contributed by atoms with Crippen molar-refractivity contribution in [1.82, 2.24) is 4.98 Å². The Balaban J connectivity index is 2.08. The van der Waals surface area contributed by atoms with Crippen molar-refractivity contribution in [3.8, 4) is 0 Å². The summed E-state index contributed by atoms with van der Waals surface area (Å²) in [7, 11) is 0. The van der Waals surface area contributed by atoms with Crippen molar-refractivity contribution in [2.24, 2.45) is 5.41 Å². The molecular weight excluding hydrogens is 316 g/mol. The van der Waals surface area contributed by atoms with Gasteiger partial charge < -0.3 is 10.4 Å². The number of aliphatic hydroxyl groups is 1. The number of nitrogens with one attached hydrogen (secondary N) is 1. The summed E-state index contributed by atoms with van der Waals surface area (Å²) in [6, 6.07) is 10.2. The maximum atomic E-state index is 8.93. The van der Waals surface area contributed by atoms with E-state index < -0.39 is 0 Å². The fraction of sp³-hybridized carbons (Fsp3) is 0.438. The number of halogens is 1. The number of anilines is 1. The summed E-state index contributed by atoms with van der Waals surface area (Å²) in [6.45, 7) is 5.50. The quantitative estimate of drug-likeness (QED) is 0.830. The summed E-state index contributed by atoms with van der Waals surface area (Å²) >= 11 is 3.54. The monoisotopic (exact) mass is 336 g/mol. The molecule has 2 rings (SSSR count). The van der Waals surface area contributed by atoms with E-state index in [1.54, 1.807) is 0 Å². The predicted octanol–water partition coefficient (Wildman–Crippen LogP) is 4.21. The SMILES string of the molecule is CC(C)(CCCO)CNc1ccc2cccc(Br)c2n1. The highest BCUT2D eigenvalue weighted by molar-refractivity contribution is 9.10. The number of para-hydroxylation sites is 1. The van der Waals surface area contributed by atoms with Crippen molar-refractivity contribution in [2.75, 3.05) is 18.5 Å². The second-order valence-corrected chi connectivity index (χ2v) is 6.71. The fourth-order valence-electron chi connectivity index (χ4n) is 2.19. The van der Waals surface area contributed by atoms with Gasteiger partial charge in [0, 0.05) is 23.0 Å². The van der Waals surface area contributed by atoms with Crippen LogP contribution in [-0.4, -0.2) is 23.2 Å². The number of aliphatic hydroxyl groups excluding tert-OH is 1. The number of hydrogen-bond acceptors (Lipinski definition) is 3. The normalized spacial score (nSPS) is 11.8. The summed E-state index contributed by atoms with van der Waals surface area (Å²) in [5.41, 5.74) is 1.12. The van der Waals surface area contributed by atoms with Crippen molar-refractivity contribution in [1.29, 1.82) is 0 Å². The Labute approximate surface area is 128 Å². The van der Waals surface area contributed by atoms with Gasteiger partial charge in [-0.05, 0) is 52.4 Å². The van der Waals surface area contributed by atoms with Crippen molar-refractivity contribution in [3.05, 3.63) is 34.8 Å². The maximum Gasteiger partial charge on any atom is 0.126 e. The zero-order chi connectivity index (χ0) is 14.6. The minimum Gasteiger partial charge on any atom is -0.396 e. The van der Waals surface area contributed by atoms with Crippen LogP contribution in [0.15, 0.2) is 34.8 Å². The molecule has 0 aliphatic carbocycles. The Morgan fingerprint density at radius 1 is 1.25 bits per heavy atom. The van der Waals surface area contributed by atoms with Gasteiger partial charge in [0.1, 0.15) is 5.82 Å². The molecule has 0 aliphatic heterocycles. The van der Waals surface area contributed by atoms with Gasteiger partial charge in [-0.15, -0.1) is 0 Å². The van der Waals surface area contributed by atoms with Crippen LogP contribution < -0.4 is 5.32 Å². The van der Waals surface area contributed by atoms with E-state index in [0.717, 1.165) is 40.6 Å². The van der Waals surface area contributed by atoms with Crippen molar-refractivity contribution >= 4 is 32.7 Å². The predicted molar refractivity (Wildman–Crippen MR) is 88.0 cm³/mol. The van der Waals surface area contributed by atoms with E-state index in [2.05, 4.69) is 52.2 Å². The first-order valence-electron chi connectivity index (χ1n) is 6.92. The first-order valence-corrected chi connectivity index (χ1v) is 7.71. The van der Waals surface area contributed by atoms with Crippen LogP contribution in [0, 0.1) is 5.41 Å². The molecule has 1 heterocycles. The largest absolute Gasteiger partial charge is 0.396 e. The Morgan fingerprint density at radius 3 is 2.80 bits per heavy atom. The lowest BCUT2D eigenvalue weighted by atomic mass is 9.88. The molecule has 0 atom stereocenters. The molecule has 0 aliphatic rings. The third-order valence-corrected chi connectivity index (χ3v) is 4.07. The highest BCUT2D eigenvalue weighted by atomic mass is 79.9. The van der Waals surface area contributed by atoms with Gasteiger partial charge in [0.25, 0.3) is 0 Å². The zero-order valence-corrected chi connectivity index (χ0v) is 13.6. The third kappa shape index (κ3) is 3.93. The van der Waals surface area contributed by atoms with Crippen LogP contribution in [0.1, 0.15) is 26.7 Å². The number of fused-ring (bicyclic) bond motifs is 1. The van der Waals surface area contributed by atoms with Crippen LogP contribution >= 0.6 is 15.9 Å². The summed E-state index contributed by atoms with van der Waals surface area (Å²) in [6.07, 6.45) is 1.83. The molecule has 2 N–H and O–H groups in total. The average Bonchev–Trinajstić information content (AvgIpc) is 2.44. The Hall–Kier alpha value is -1.13. The van der Waals surface area contributed by atoms with Crippen LogP contribution in [0.25, 0.3) is 10.9 Å². The first-order chi connectivity index (χ1) is 9.52. The van der Waals surface area contributed by atoms with Gasteiger partial charge in [-0.2, -0.15) is 0 Å². The van der Waals surface area contributed by atoms with E-state index in [4.69, 9.17) is 5.11 Å². The molecule has 108 valence electrons. The molecule has 1 aromatic heterocycles. The third-order valence-electron chi connectivity index (χ3n) is 3.43. The molecule has 0 amide bonds. The molecule has 2 aromatic rings. The summed E-state index contributed by atoms with van der Waals surface area (Å²) < 4.78 is 1.01. The minimum absolute atomic E-state index is 0.146. The zero-order valence-electron chi connectivity index (χ0n) is 12.0. The van der Waals surface area contributed by atoms with E-state index >= 15 is 0 Å². The number of aromatic nitrogens is 1. The number of hydrogen-bond donors (Lipinski definition) is 2. The molecule has 0 radical (unpaired) electrons. The van der Waals surface area contributed by atoms with Gasteiger partial charge in [-0.25, -0.2) is 4.98 Å². The van der Waals surface area contributed by atoms with Gasteiger partial charge >= 0.3 is 0 Å². The standard InChI is InChI=1S/C16H21BrN2O/c1-16(2,9-4-10-20)11-18-14-8-7-12-5-3-6-13(17)15(12)19-14/h3,5-8,20H,4,9-11H2,1-2H3,(H,18,19). The van der Waals surface area contributed by atoms with E-state index in [9.17, 15) is 0 Å². The average molecular weight is 337 g/mol. The number of rotatable bonds is 6. The smallest absolute Gasteiger partial charge is 0.126 e. The van der Waals surface area contributed by atoms with E-state index in [1.165, 1.54) is 0 Å². The number of pyridine rings is 1.